The molecule has 0 bridgehead atoms. The largest absolute Gasteiger partial charge is 0.489 e. The lowest BCUT2D eigenvalue weighted by molar-refractivity contribution is -0.137. The summed E-state index contributed by atoms with van der Waals surface area (Å²) in [6, 6.07) is 15.4. The SMILES string of the molecule is N=C(N)Nc1ccc2c(c1)CCCOc1c(cccc1C(=O)N(CCC(=O)O)Cc1cccc(C(=O)O)c1)OC2=O. The lowest BCUT2D eigenvalue weighted by Gasteiger charge is -2.25. The van der Waals surface area contributed by atoms with Gasteiger partial charge in [0.2, 0.25) is 0 Å². The number of carbonyl (C=O) groups is 4. The molecule has 1 aliphatic rings. The number of hydrogen-bond donors (Lipinski definition) is 5. The van der Waals surface area contributed by atoms with Crippen LogP contribution in [0.5, 0.6) is 11.5 Å². The lowest BCUT2D eigenvalue weighted by Crippen LogP contribution is -2.33. The minimum Gasteiger partial charge on any atom is -0.489 e. The molecule has 41 heavy (non-hydrogen) atoms. The van der Waals surface area contributed by atoms with E-state index >= 15 is 0 Å². The first-order valence-electron chi connectivity index (χ1n) is 12.7. The Labute approximate surface area is 234 Å². The van der Waals surface area contributed by atoms with Gasteiger partial charge < -0.3 is 35.6 Å². The number of carbonyl (C=O) groups excluding carboxylic acids is 2. The topological polar surface area (TPSA) is 192 Å². The monoisotopic (exact) mass is 560 g/mol. The molecule has 0 fully saturated rings. The van der Waals surface area contributed by atoms with Crippen LogP contribution in [0, 0.1) is 5.41 Å². The van der Waals surface area contributed by atoms with Crippen LogP contribution in [-0.4, -0.2) is 58.0 Å². The molecular formula is C29H28N4O8. The number of hydrogen-bond acceptors (Lipinski definition) is 7. The van der Waals surface area contributed by atoms with Gasteiger partial charge in [-0.3, -0.25) is 15.0 Å². The zero-order chi connectivity index (χ0) is 29.5. The predicted octanol–water partition coefficient (Wildman–Crippen LogP) is 3.35. The maximum atomic E-state index is 13.8. The van der Waals surface area contributed by atoms with Gasteiger partial charge in [0, 0.05) is 18.8 Å². The van der Waals surface area contributed by atoms with Crippen molar-refractivity contribution in [2.75, 3.05) is 18.5 Å². The number of carboxylic acid groups (broad SMARTS) is 2. The van der Waals surface area contributed by atoms with Gasteiger partial charge in [-0.15, -0.1) is 0 Å². The Balaban J connectivity index is 1.66. The number of rotatable bonds is 8. The highest BCUT2D eigenvalue weighted by Gasteiger charge is 2.26. The number of carboxylic acids is 2. The second kappa shape index (κ2) is 12.6. The van der Waals surface area contributed by atoms with Crippen LogP contribution < -0.4 is 20.5 Å². The second-order valence-electron chi connectivity index (χ2n) is 9.26. The predicted molar refractivity (Wildman–Crippen MR) is 148 cm³/mol. The number of guanidine groups is 1. The molecule has 212 valence electrons. The van der Waals surface area contributed by atoms with Crippen molar-refractivity contribution in [3.63, 3.8) is 0 Å². The first-order chi connectivity index (χ1) is 19.6. The molecule has 3 aromatic carbocycles. The average Bonchev–Trinajstić information content (AvgIpc) is 2.93. The van der Waals surface area contributed by atoms with Gasteiger partial charge in [-0.2, -0.15) is 0 Å². The van der Waals surface area contributed by atoms with E-state index in [1.165, 1.54) is 35.2 Å². The molecule has 3 aromatic rings. The average molecular weight is 561 g/mol. The molecule has 0 saturated carbocycles. The maximum absolute atomic E-state index is 13.8. The highest BCUT2D eigenvalue weighted by molar-refractivity contribution is 5.99. The van der Waals surface area contributed by atoms with Crippen molar-refractivity contribution in [1.29, 1.82) is 5.41 Å². The minimum atomic E-state index is -1.13. The summed E-state index contributed by atoms with van der Waals surface area (Å²) in [6.07, 6.45) is 0.580. The molecule has 0 aromatic heterocycles. The number of aromatic carboxylic acids is 1. The Morgan fingerprint density at radius 3 is 2.56 bits per heavy atom. The van der Waals surface area contributed by atoms with Gasteiger partial charge in [0.25, 0.3) is 5.91 Å². The Kier molecular flexibility index (Phi) is 8.82. The van der Waals surface area contributed by atoms with E-state index in [2.05, 4.69) is 5.32 Å². The molecular weight excluding hydrogens is 532 g/mol. The Morgan fingerprint density at radius 1 is 1.05 bits per heavy atom. The Morgan fingerprint density at radius 2 is 1.83 bits per heavy atom. The number of benzene rings is 3. The summed E-state index contributed by atoms with van der Waals surface area (Å²) < 4.78 is 11.6. The van der Waals surface area contributed by atoms with E-state index in [0.29, 0.717) is 35.2 Å². The van der Waals surface area contributed by atoms with Gasteiger partial charge in [0.1, 0.15) is 0 Å². The van der Waals surface area contributed by atoms with Gasteiger partial charge in [-0.1, -0.05) is 18.2 Å². The van der Waals surface area contributed by atoms with Crippen LogP contribution in [0.1, 0.15) is 55.0 Å². The third-order valence-corrected chi connectivity index (χ3v) is 6.28. The van der Waals surface area contributed by atoms with Crippen LogP contribution in [-0.2, 0) is 17.8 Å². The van der Waals surface area contributed by atoms with Gasteiger partial charge in [0.15, 0.2) is 17.5 Å². The minimum absolute atomic E-state index is 0.0192. The second-order valence-corrected chi connectivity index (χ2v) is 9.26. The van der Waals surface area contributed by atoms with Gasteiger partial charge in [0.05, 0.1) is 29.7 Å². The summed E-state index contributed by atoms with van der Waals surface area (Å²) in [5.74, 6) is -3.65. The van der Waals surface area contributed by atoms with Crippen LogP contribution in [0.3, 0.4) is 0 Å². The van der Waals surface area contributed by atoms with E-state index in [4.69, 9.17) is 20.6 Å². The van der Waals surface area contributed by atoms with E-state index in [1.54, 1.807) is 30.3 Å². The van der Waals surface area contributed by atoms with E-state index in [9.17, 15) is 29.4 Å². The molecule has 12 nitrogen and oxygen atoms in total. The first-order valence-corrected chi connectivity index (χ1v) is 12.7. The molecule has 0 aliphatic carbocycles. The van der Waals surface area contributed by atoms with Crippen LogP contribution in [0.25, 0.3) is 0 Å². The highest BCUT2D eigenvalue weighted by atomic mass is 16.6. The smallest absolute Gasteiger partial charge is 0.343 e. The van der Waals surface area contributed by atoms with E-state index in [0.717, 1.165) is 0 Å². The fourth-order valence-corrected chi connectivity index (χ4v) is 4.41. The van der Waals surface area contributed by atoms with Gasteiger partial charge in [-0.25, -0.2) is 9.59 Å². The molecule has 1 aliphatic heterocycles. The summed E-state index contributed by atoms with van der Waals surface area (Å²) in [6.45, 7) is -0.0337. The summed E-state index contributed by atoms with van der Waals surface area (Å²) in [7, 11) is 0. The van der Waals surface area contributed by atoms with Crippen molar-refractivity contribution in [3.8, 4) is 11.5 Å². The van der Waals surface area contributed by atoms with Crippen molar-refractivity contribution >= 4 is 35.5 Å². The molecule has 0 unspecified atom stereocenters. The van der Waals surface area contributed by atoms with E-state index < -0.39 is 23.8 Å². The normalized spacial score (nSPS) is 12.5. The fourth-order valence-electron chi connectivity index (χ4n) is 4.41. The maximum Gasteiger partial charge on any atom is 0.343 e. The molecule has 4 rings (SSSR count). The number of ether oxygens (including phenoxy) is 2. The molecule has 0 atom stereocenters. The number of fused-ring (bicyclic) bond motifs is 2. The molecule has 0 radical (unpaired) electrons. The summed E-state index contributed by atoms with van der Waals surface area (Å²) in [5.41, 5.74) is 7.54. The number of aryl methyl sites for hydroxylation is 1. The lowest BCUT2D eigenvalue weighted by atomic mass is 10.0. The zero-order valence-electron chi connectivity index (χ0n) is 21.9. The molecule has 1 heterocycles. The molecule has 1 amide bonds. The zero-order valence-corrected chi connectivity index (χ0v) is 21.9. The molecule has 6 N–H and O–H groups in total. The van der Waals surface area contributed by atoms with Gasteiger partial charge >= 0.3 is 17.9 Å². The van der Waals surface area contributed by atoms with Crippen molar-refractivity contribution in [3.05, 3.63) is 88.5 Å². The first kappa shape index (κ1) is 28.6. The van der Waals surface area contributed by atoms with Crippen LogP contribution in [0.2, 0.25) is 0 Å². The Bertz CT molecular complexity index is 1520. The summed E-state index contributed by atoms with van der Waals surface area (Å²) >= 11 is 0. The van der Waals surface area contributed by atoms with Crippen molar-refractivity contribution in [1.82, 2.24) is 4.90 Å². The van der Waals surface area contributed by atoms with Crippen LogP contribution >= 0.6 is 0 Å². The molecule has 0 saturated heterocycles. The molecule has 12 heteroatoms. The summed E-state index contributed by atoms with van der Waals surface area (Å²) in [5, 5.41) is 28.7. The number of amides is 1. The fraction of sp³-hybridized carbons (Fsp3) is 0.207. The number of anilines is 1. The number of nitrogens with zero attached hydrogens (tertiary/aromatic N) is 1. The standard InChI is InChI=1S/C29H28N4O8/c30-29(31)32-20-9-10-21-18(15-20)6-3-13-40-25-22(7-2-8-23(25)41-28(21)39)26(36)33(12-11-24(34)35)16-17-4-1-5-19(14-17)27(37)38/h1-2,4-5,7-10,14-15H,3,6,11-13,16H2,(H,34,35)(H,37,38)(H4,30,31,32). The van der Waals surface area contributed by atoms with E-state index in [-0.39, 0.29) is 54.7 Å². The molecule has 0 spiro atoms. The number of aliphatic carboxylic acids is 1. The number of para-hydroxylation sites is 1. The van der Waals surface area contributed by atoms with Crippen molar-refractivity contribution in [2.24, 2.45) is 5.73 Å². The Hall–Kier alpha value is -5.39. The summed E-state index contributed by atoms with van der Waals surface area (Å²) in [4.78, 5) is 51.0. The third-order valence-electron chi connectivity index (χ3n) is 6.28. The van der Waals surface area contributed by atoms with Gasteiger partial charge in [-0.05, 0) is 66.4 Å². The third kappa shape index (κ3) is 7.18. The quantitative estimate of drug-likeness (QED) is 0.118. The number of nitrogens with two attached hydrogens (primary N) is 1. The van der Waals surface area contributed by atoms with Crippen molar-refractivity contribution in [2.45, 2.75) is 25.8 Å². The number of nitrogens with one attached hydrogen (secondary N) is 2. The van der Waals surface area contributed by atoms with E-state index in [1.807, 2.05) is 0 Å². The van der Waals surface area contributed by atoms with Crippen LogP contribution in [0.15, 0.2) is 60.7 Å². The highest BCUT2D eigenvalue weighted by Crippen LogP contribution is 2.35. The van der Waals surface area contributed by atoms with Crippen LogP contribution in [0.4, 0.5) is 5.69 Å². The van der Waals surface area contributed by atoms with Crippen molar-refractivity contribution < 1.29 is 38.9 Å². The number of esters is 1.